The van der Waals surface area contributed by atoms with Crippen LogP contribution in [0.4, 0.5) is 0 Å². The van der Waals surface area contributed by atoms with Crippen molar-refractivity contribution in [3.05, 3.63) is 0 Å². The van der Waals surface area contributed by atoms with Crippen LogP contribution in [-0.4, -0.2) is 11.9 Å². The van der Waals surface area contributed by atoms with E-state index in [0.29, 0.717) is 0 Å². The summed E-state index contributed by atoms with van der Waals surface area (Å²) < 4.78 is 0. The molecule has 9 heteroatoms. The zero-order valence-corrected chi connectivity index (χ0v) is 15.5. The number of hydrogen-bond donors (Lipinski definition) is 0. The van der Waals surface area contributed by atoms with Crippen LogP contribution >= 0.6 is 28.8 Å². The summed E-state index contributed by atoms with van der Waals surface area (Å²) in [7, 11) is 14.9. The minimum absolute atomic E-state index is 0. The summed E-state index contributed by atoms with van der Waals surface area (Å²) in [5.74, 6) is -2.17. The monoisotopic (exact) mass is 530 g/mol. The molecule has 0 spiro atoms. The molecule has 0 rings (SSSR count). The van der Waals surface area contributed by atoms with Gasteiger partial charge in [-0.25, -0.2) is 0 Å². The van der Waals surface area contributed by atoms with Gasteiger partial charge in [0.25, 0.3) is 0 Å². The fraction of sp³-hybridized carbons (Fsp3) is 0.500. The van der Waals surface area contributed by atoms with Crippen molar-refractivity contribution in [2.24, 2.45) is 0 Å². The summed E-state index contributed by atoms with van der Waals surface area (Å²) in [5.41, 5.74) is 0. The van der Waals surface area contributed by atoms with Crippen molar-refractivity contribution in [2.45, 2.75) is 13.8 Å². The first-order chi connectivity index (χ1) is 5.20. The van der Waals surface area contributed by atoms with Gasteiger partial charge in [0.1, 0.15) is 0 Å². The summed E-state index contributed by atoms with van der Waals surface area (Å²) in [4.78, 5) is 17.8. The summed E-state index contributed by atoms with van der Waals surface area (Å²) in [6.45, 7) is 1.94. The summed E-state index contributed by atoms with van der Waals surface area (Å²) in [5, 5.41) is 17.8. The number of rotatable bonds is 0. The molecule has 0 heterocycles. The molecule has 0 aromatic rings. The number of carboxylic acid groups (broad SMARTS) is 2. The second-order valence-electron chi connectivity index (χ2n) is 1.13. The van der Waals surface area contributed by atoms with Crippen molar-refractivity contribution < 1.29 is 60.6 Å². The Bertz CT molecular complexity index is 112. The van der Waals surface area contributed by atoms with E-state index in [1.807, 2.05) is 0 Å². The Labute approximate surface area is 114 Å². The van der Waals surface area contributed by atoms with Gasteiger partial charge in [0.05, 0.1) is 0 Å². The van der Waals surface area contributed by atoms with E-state index >= 15 is 0 Å². The van der Waals surface area contributed by atoms with E-state index in [4.69, 9.17) is 48.6 Å². The molecule has 13 heavy (non-hydrogen) atoms. The van der Waals surface area contributed by atoms with E-state index in [-0.39, 0.29) is 27.3 Å². The number of aliphatic carboxylic acids is 2. The first kappa shape index (κ1) is 23.9. The molecule has 0 fully saturated rings. The average molecular weight is 529 g/mol. The van der Waals surface area contributed by atoms with Gasteiger partial charge in [-0.05, 0) is 13.8 Å². The molecular formula is C4H6CdCl3IrO4. The van der Waals surface area contributed by atoms with Gasteiger partial charge < -0.3 is 19.8 Å². The third-order valence-electron chi connectivity index (χ3n) is 0. The van der Waals surface area contributed by atoms with E-state index in [1.165, 1.54) is 0 Å². The Morgan fingerprint density at radius 2 is 1.00 bits per heavy atom. The molecule has 0 saturated carbocycles. The standard InChI is InChI=1S/2C2H4O2.Cd.3ClH.Ir/c2*1-2(3)4;;;;;/h2*1H3,(H,3,4);;3*1H;/q;;+2;;;;+3/p-5. The quantitative estimate of drug-likeness (QED) is 0.400. The second kappa shape index (κ2) is 19.0. The molecule has 0 aliphatic rings. The molecule has 78 valence electrons. The zero-order chi connectivity index (χ0) is 10.7. The Morgan fingerprint density at radius 1 is 1.00 bits per heavy atom. The Morgan fingerprint density at radius 3 is 1.00 bits per heavy atom. The predicted molar refractivity (Wildman–Crippen MR) is 38.9 cm³/mol. The van der Waals surface area contributed by atoms with Crippen LogP contribution in [0.3, 0.4) is 0 Å². The molecule has 0 aromatic carbocycles. The maximum atomic E-state index is 8.89. The number of carbonyl (C=O) groups is 2. The molecule has 0 N–H and O–H groups in total. The number of hydrogen-bond acceptors (Lipinski definition) is 4. The third-order valence-corrected chi connectivity index (χ3v) is 0. The van der Waals surface area contributed by atoms with Crippen molar-refractivity contribution in [1.29, 1.82) is 0 Å². The van der Waals surface area contributed by atoms with E-state index in [1.54, 1.807) is 0 Å². The van der Waals surface area contributed by atoms with Crippen LogP contribution in [0, 0.1) is 0 Å². The van der Waals surface area contributed by atoms with Crippen LogP contribution in [0.1, 0.15) is 13.8 Å². The van der Waals surface area contributed by atoms with Gasteiger partial charge in [-0.1, -0.05) is 0 Å². The zero-order valence-electron chi connectivity index (χ0n) is 6.81. The topological polar surface area (TPSA) is 80.3 Å². The Balaban J connectivity index is -0.0000000450. The average Bonchev–Trinajstić information content (AvgIpc) is 1.54. The molecule has 0 atom stereocenters. The van der Waals surface area contributed by atoms with Crippen LogP contribution in [0.2, 0.25) is 0 Å². The third kappa shape index (κ3) is 908. The van der Waals surface area contributed by atoms with E-state index in [0.717, 1.165) is 13.8 Å². The number of halogens is 3. The van der Waals surface area contributed by atoms with Crippen LogP contribution in [-0.2, 0) is 50.3 Å². The Kier molecular flexibility index (Phi) is 35.0. The first-order valence-corrected chi connectivity index (χ1v) is 11.1. The summed E-state index contributed by atoms with van der Waals surface area (Å²) in [6, 6.07) is 0. The van der Waals surface area contributed by atoms with Crippen LogP contribution in [0.15, 0.2) is 0 Å². The number of carboxylic acids is 2. The van der Waals surface area contributed by atoms with Crippen molar-refractivity contribution in [3.63, 3.8) is 0 Å². The number of carbonyl (C=O) groups excluding carboxylic acids is 2. The van der Waals surface area contributed by atoms with Crippen LogP contribution in [0.5, 0.6) is 0 Å². The van der Waals surface area contributed by atoms with E-state index in [2.05, 4.69) is 0 Å². The van der Waals surface area contributed by atoms with Crippen LogP contribution < -0.4 is 10.2 Å². The predicted octanol–water partition coefficient (Wildman–Crippen LogP) is -0.424. The molecule has 0 saturated heterocycles. The van der Waals surface area contributed by atoms with Gasteiger partial charge in [-0.2, -0.15) is 0 Å². The molecular weight excluding hydrogens is 523 g/mol. The van der Waals surface area contributed by atoms with Crippen molar-refractivity contribution in [3.8, 4) is 0 Å². The fourth-order valence-corrected chi connectivity index (χ4v) is 0. The molecule has 0 bridgehead atoms. The molecule has 0 aliphatic heterocycles. The molecule has 0 radical (unpaired) electrons. The molecule has 0 amide bonds. The van der Waals surface area contributed by atoms with Crippen LogP contribution in [0.25, 0.3) is 0 Å². The maximum absolute atomic E-state index is 8.89. The fourth-order valence-electron chi connectivity index (χ4n) is 0. The van der Waals surface area contributed by atoms with Crippen molar-refractivity contribution >= 4 is 40.7 Å². The first-order valence-electron chi connectivity index (χ1n) is 2.19. The van der Waals surface area contributed by atoms with E-state index < -0.39 is 25.4 Å². The molecule has 4 nitrogen and oxygen atoms in total. The summed E-state index contributed by atoms with van der Waals surface area (Å²) in [6.07, 6.45) is 0. The Hall–Kier alpha value is 1.38. The molecule has 0 unspecified atom stereocenters. The molecule has 0 aliphatic carbocycles. The van der Waals surface area contributed by atoms with E-state index in [9.17, 15) is 0 Å². The normalized spacial score (nSPS) is 7.31. The van der Waals surface area contributed by atoms with Gasteiger partial charge >= 0.3 is 69.5 Å². The van der Waals surface area contributed by atoms with Gasteiger partial charge in [-0.15, -0.1) is 0 Å². The van der Waals surface area contributed by atoms with Gasteiger partial charge in [-0.3, -0.25) is 0 Å². The summed E-state index contributed by atoms with van der Waals surface area (Å²) >= 11 is -1.92. The van der Waals surface area contributed by atoms with Gasteiger partial charge in [0, 0.05) is 11.9 Å². The van der Waals surface area contributed by atoms with Crippen molar-refractivity contribution in [2.75, 3.05) is 0 Å². The van der Waals surface area contributed by atoms with Gasteiger partial charge in [0.2, 0.25) is 0 Å². The van der Waals surface area contributed by atoms with Crippen molar-refractivity contribution in [1.82, 2.24) is 0 Å². The van der Waals surface area contributed by atoms with Gasteiger partial charge in [0.15, 0.2) is 0 Å². The minimum atomic E-state index is -1.92. The molecule has 0 aromatic heterocycles. The second-order valence-corrected chi connectivity index (χ2v) is 11.5. The SMILES string of the molecule is CC(=O)[O-].CC(=O)[O-].[Cd+2].[Cl][Ir]([Cl])[Cl].